The number of hydrogen-bond donors (Lipinski definition) is 2. The maximum absolute atomic E-state index is 13.4. The fraction of sp³-hybridized carbons (Fsp3) is 0.767. The Bertz CT molecular complexity index is 1110. The highest BCUT2D eigenvalue weighted by atomic mass is 16.5. The van der Waals surface area contributed by atoms with Gasteiger partial charge in [0.25, 0.3) is 0 Å². The number of carbonyl (C=O) groups excluding carboxylic acids is 4. The molecular formula is C30H41NO8. The predicted octanol–water partition coefficient (Wildman–Crippen LogP) is 3.22. The number of likely N-dealkylation sites (tertiary alicyclic amines) is 1. The first-order valence-corrected chi connectivity index (χ1v) is 14.6. The summed E-state index contributed by atoms with van der Waals surface area (Å²) in [5, 5.41) is 21.0. The van der Waals surface area contributed by atoms with E-state index in [0.717, 1.165) is 32.1 Å². The normalized spacial score (nSPS) is 39.3. The van der Waals surface area contributed by atoms with Gasteiger partial charge in [-0.1, -0.05) is 19.4 Å². The number of ketones is 2. The fourth-order valence-electron chi connectivity index (χ4n) is 9.05. The van der Waals surface area contributed by atoms with Gasteiger partial charge in [0.1, 0.15) is 11.6 Å². The van der Waals surface area contributed by atoms with E-state index in [-0.39, 0.29) is 30.0 Å². The third-order valence-electron chi connectivity index (χ3n) is 11.3. The Morgan fingerprint density at radius 3 is 2.49 bits per heavy atom. The molecule has 7 atom stereocenters. The minimum atomic E-state index is -1.57. The van der Waals surface area contributed by atoms with E-state index in [4.69, 9.17) is 4.74 Å². The molecule has 9 heteroatoms. The van der Waals surface area contributed by atoms with Crippen molar-refractivity contribution in [2.75, 3.05) is 13.2 Å². The van der Waals surface area contributed by atoms with Crippen molar-refractivity contribution in [3.05, 3.63) is 11.6 Å². The zero-order chi connectivity index (χ0) is 28.2. The molecule has 0 aromatic heterocycles. The molecule has 0 unspecified atom stereocenters. The minimum Gasteiger partial charge on any atom is -0.480 e. The number of carboxylic acids is 1. The van der Waals surface area contributed by atoms with Crippen molar-refractivity contribution in [3.8, 4) is 0 Å². The molecule has 9 nitrogen and oxygen atoms in total. The first kappa shape index (κ1) is 28.0. The van der Waals surface area contributed by atoms with Gasteiger partial charge in [-0.05, 0) is 87.0 Å². The van der Waals surface area contributed by atoms with Gasteiger partial charge in [-0.15, -0.1) is 0 Å². The van der Waals surface area contributed by atoms with E-state index in [2.05, 4.69) is 6.92 Å². The Labute approximate surface area is 229 Å². The molecule has 214 valence electrons. The van der Waals surface area contributed by atoms with Gasteiger partial charge < -0.3 is 19.8 Å². The van der Waals surface area contributed by atoms with Crippen molar-refractivity contribution in [1.29, 1.82) is 0 Å². The van der Waals surface area contributed by atoms with E-state index in [9.17, 15) is 34.2 Å². The lowest BCUT2D eigenvalue weighted by Gasteiger charge is -2.58. The van der Waals surface area contributed by atoms with Crippen molar-refractivity contribution in [2.24, 2.45) is 28.6 Å². The van der Waals surface area contributed by atoms with E-state index in [1.165, 1.54) is 10.5 Å². The number of Topliss-reactive ketones (excluding diaryl/α,β-unsaturated/α-hetero) is 1. The zero-order valence-corrected chi connectivity index (χ0v) is 23.1. The molecule has 0 radical (unpaired) electrons. The lowest BCUT2D eigenvalue weighted by molar-refractivity contribution is -0.170. The van der Waals surface area contributed by atoms with Crippen LogP contribution < -0.4 is 0 Å². The molecule has 1 aliphatic heterocycles. The largest absolute Gasteiger partial charge is 0.480 e. The van der Waals surface area contributed by atoms with Gasteiger partial charge in [0.15, 0.2) is 12.4 Å². The maximum atomic E-state index is 13.4. The Morgan fingerprint density at radius 2 is 1.74 bits per heavy atom. The summed E-state index contributed by atoms with van der Waals surface area (Å²) in [6.45, 7) is 4.14. The Balaban J connectivity index is 1.18. The second-order valence-electron chi connectivity index (χ2n) is 13.0. The smallest absolute Gasteiger partial charge is 0.326 e. The van der Waals surface area contributed by atoms with E-state index in [1.807, 2.05) is 13.0 Å². The number of nitrogens with zero attached hydrogens (tertiary/aromatic N) is 1. The van der Waals surface area contributed by atoms with Crippen LogP contribution in [0, 0.1) is 28.6 Å². The summed E-state index contributed by atoms with van der Waals surface area (Å²) in [6, 6.07) is -0.856. The standard InChI is InChI=1S/C30H41NO8/c1-28-12-9-19(32)16-18(28)5-6-20-21(28)10-13-29(2)22(20)11-14-30(29,38)24(33)17-39-26(35)8-7-25(34)31-15-3-4-23(31)27(36)37/h16,20-23,38H,3-15,17H2,1-2H3,(H,36,37)/t20-,21+,22-,23-,28-,29-,30-/m0/s1. The van der Waals surface area contributed by atoms with Crippen molar-refractivity contribution < 1.29 is 38.9 Å². The number of allylic oxidation sites excluding steroid dienone is 1. The highest BCUT2D eigenvalue weighted by molar-refractivity contribution is 5.92. The van der Waals surface area contributed by atoms with Crippen LogP contribution in [0.4, 0.5) is 0 Å². The molecule has 2 N–H and O–H groups in total. The molecule has 5 rings (SSSR count). The van der Waals surface area contributed by atoms with Gasteiger partial charge in [-0.3, -0.25) is 19.2 Å². The van der Waals surface area contributed by atoms with Gasteiger partial charge in [0.2, 0.25) is 11.7 Å². The third kappa shape index (κ3) is 4.54. The number of ether oxygens (including phenoxy) is 1. The molecule has 0 spiro atoms. The summed E-state index contributed by atoms with van der Waals surface area (Å²) in [6.07, 6.45) is 8.48. The Hall–Kier alpha value is -2.55. The molecular weight excluding hydrogens is 502 g/mol. The van der Waals surface area contributed by atoms with Crippen molar-refractivity contribution in [3.63, 3.8) is 0 Å². The molecule has 0 bridgehead atoms. The summed E-state index contributed by atoms with van der Waals surface area (Å²) in [4.78, 5) is 62.9. The zero-order valence-electron chi connectivity index (χ0n) is 23.1. The van der Waals surface area contributed by atoms with Crippen molar-refractivity contribution >= 4 is 29.4 Å². The number of rotatable bonds is 7. The van der Waals surface area contributed by atoms with Crippen LogP contribution in [0.15, 0.2) is 11.6 Å². The minimum absolute atomic E-state index is 0.00931. The van der Waals surface area contributed by atoms with Crippen molar-refractivity contribution in [2.45, 2.75) is 103 Å². The van der Waals surface area contributed by atoms with Gasteiger partial charge >= 0.3 is 11.9 Å². The number of carbonyl (C=O) groups is 5. The van der Waals surface area contributed by atoms with Gasteiger partial charge in [0.05, 0.1) is 6.42 Å². The van der Waals surface area contributed by atoms with Crippen LogP contribution in [0.3, 0.4) is 0 Å². The topological polar surface area (TPSA) is 138 Å². The number of carboxylic acid groups (broad SMARTS) is 1. The number of hydrogen-bond acceptors (Lipinski definition) is 7. The summed E-state index contributed by atoms with van der Waals surface area (Å²) in [5.74, 6) is -1.41. The summed E-state index contributed by atoms with van der Waals surface area (Å²) >= 11 is 0. The average Bonchev–Trinajstić information content (AvgIpc) is 3.50. The van der Waals surface area contributed by atoms with Gasteiger partial charge in [-0.25, -0.2) is 4.79 Å². The van der Waals surface area contributed by atoms with E-state index >= 15 is 0 Å². The molecule has 39 heavy (non-hydrogen) atoms. The van der Waals surface area contributed by atoms with Gasteiger partial charge in [-0.2, -0.15) is 0 Å². The second kappa shape index (κ2) is 10.1. The Kier molecular flexibility index (Phi) is 7.27. The van der Waals surface area contributed by atoms with Crippen LogP contribution >= 0.6 is 0 Å². The van der Waals surface area contributed by atoms with Crippen LogP contribution in [0.1, 0.15) is 90.9 Å². The summed E-state index contributed by atoms with van der Waals surface area (Å²) in [7, 11) is 0. The number of fused-ring (bicyclic) bond motifs is 5. The molecule has 1 heterocycles. The van der Waals surface area contributed by atoms with Crippen LogP contribution in [-0.2, 0) is 28.7 Å². The first-order valence-electron chi connectivity index (χ1n) is 14.6. The van der Waals surface area contributed by atoms with E-state index in [0.29, 0.717) is 50.5 Å². The molecule has 0 aromatic carbocycles. The number of esters is 1. The molecule has 3 saturated carbocycles. The predicted molar refractivity (Wildman–Crippen MR) is 139 cm³/mol. The van der Waals surface area contributed by atoms with Crippen LogP contribution in [0.2, 0.25) is 0 Å². The monoisotopic (exact) mass is 543 g/mol. The van der Waals surface area contributed by atoms with Crippen LogP contribution in [0.25, 0.3) is 0 Å². The van der Waals surface area contributed by atoms with E-state index < -0.39 is 47.3 Å². The SMILES string of the molecule is C[C@]12CCC(=O)C=C1CC[C@H]1[C@H]2CC[C@@]2(C)[C@H]1CC[C@]2(O)C(=O)COC(=O)CCC(=O)N1CCC[C@H]1C(=O)O. The first-order chi connectivity index (χ1) is 18.4. The maximum Gasteiger partial charge on any atom is 0.326 e. The molecule has 1 saturated heterocycles. The number of amides is 1. The highest BCUT2D eigenvalue weighted by Gasteiger charge is 2.66. The third-order valence-corrected chi connectivity index (χ3v) is 11.3. The highest BCUT2D eigenvalue weighted by Crippen LogP contribution is 2.67. The molecule has 0 aromatic rings. The average molecular weight is 544 g/mol. The number of aliphatic carboxylic acids is 1. The molecule has 5 aliphatic rings. The second-order valence-corrected chi connectivity index (χ2v) is 13.0. The Morgan fingerprint density at radius 1 is 1.00 bits per heavy atom. The molecule has 1 amide bonds. The van der Waals surface area contributed by atoms with E-state index in [1.54, 1.807) is 0 Å². The fourth-order valence-corrected chi connectivity index (χ4v) is 9.05. The molecule has 4 fully saturated rings. The molecule has 4 aliphatic carbocycles. The summed E-state index contributed by atoms with van der Waals surface area (Å²) in [5.41, 5.74) is -0.878. The number of aliphatic hydroxyl groups is 1. The van der Waals surface area contributed by atoms with Crippen molar-refractivity contribution in [1.82, 2.24) is 4.90 Å². The quantitative estimate of drug-likeness (QED) is 0.467. The van der Waals surface area contributed by atoms with Crippen LogP contribution in [-0.4, -0.2) is 69.3 Å². The van der Waals surface area contributed by atoms with Crippen LogP contribution in [0.5, 0.6) is 0 Å². The lowest BCUT2D eigenvalue weighted by atomic mass is 9.46. The van der Waals surface area contributed by atoms with Gasteiger partial charge in [0, 0.05) is 24.8 Å². The lowest BCUT2D eigenvalue weighted by Crippen LogP contribution is -2.58. The summed E-state index contributed by atoms with van der Waals surface area (Å²) < 4.78 is 5.22.